The molecule has 0 aromatic carbocycles. The van der Waals surface area contributed by atoms with Gasteiger partial charge in [0.15, 0.2) is 5.78 Å². The van der Waals surface area contributed by atoms with Crippen LogP contribution in [0.3, 0.4) is 0 Å². The summed E-state index contributed by atoms with van der Waals surface area (Å²) in [5.41, 5.74) is 1.55. The van der Waals surface area contributed by atoms with E-state index in [1.807, 2.05) is 6.92 Å². The molecule has 0 aliphatic carbocycles. The lowest BCUT2D eigenvalue weighted by molar-refractivity contribution is 0.101. The van der Waals surface area contributed by atoms with Gasteiger partial charge in [-0.15, -0.1) is 6.58 Å². The van der Waals surface area contributed by atoms with Gasteiger partial charge >= 0.3 is 0 Å². The minimum absolute atomic E-state index is 0.0384. The van der Waals surface area contributed by atoms with E-state index in [-0.39, 0.29) is 5.78 Å². The fourth-order valence-corrected chi connectivity index (χ4v) is 1.02. The summed E-state index contributed by atoms with van der Waals surface area (Å²) in [4.78, 5) is 14.9. The minimum Gasteiger partial charge on any atom is -0.492 e. The lowest BCUT2D eigenvalue weighted by Crippen LogP contribution is -2.00. The number of carbonyl (C=O) groups excluding carboxylic acids is 1. The van der Waals surface area contributed by atoms with Gasteiger partial charge in [0, 0.05) is 13.3 Å². The normalized spacial score (nSPS) is 9.73. The van der Waals surface area contributed by atoms with Crippen molar-refractivity contribution in [2.45, 2.75) is 20.3 Å². The molecule has 0 saturated heterocycles. The van der Waals surface area contributed by atoms with Crippen LogP contribution in [0.2, 0.25) is 0 Å². The Bertz CT molecular complexity index is 354. The SMILES string of the molecule is C=C(C)CCOc1ccc(C(C)=O)nc1. The smallest absolute Gasteiger partial charge is 0.178 e. The van der Waals surface area contributed by atoms with E-state index in [9.17, 15) is 4.79 Å². The Morgan fingerprint density at radius 3 is 2.67 bits per heavy atom. The van der Waals surface area contributed by atoms with E-state index >= 15 is 0 Å². The number of pyridine rings is 1. The van der Waals surface area contributed by atoms with E-state index in [4.69, 9.17) is 4.74 Å². The molecule has 3 heteroatoms. The van der Waals surface area contributed by atoms with Crippen LogP contribution in [-0.4, -0.2) is 17.4 Å². The lowest BCUT2D eigenvalue weighted by Gasteiger charge is -2.05. The van der Waals surface area contributed by atoms with Crippen LogP contribution in [0.4, 0.5) is 0 Å². The van der Waals surface area contributed by atoms with Gasteiger partial charge in [-0.1, -0.05) is 5.57 Å². The van der Waals surface area contributed by atoms with Crippen molar-refractivity contribution in [1.29, 1.82) is 0 Å². The van der Waals surface area contributed by atoms with Crippen molar-refractivity contribution in [2.24, 2.45) is 0 Å². The van der Waals surface area contributed by atoms with Gasteiger partial charge in [0.2, 0.25) is 0 Å². The van der Waals surface area contributed by atoms with E-state index in [0.717, 1.165) is 12.0 Å². The predicted molar refractivity (Wildman–Crippen MR) is 59.2 cm³/mol. The van der Waals surface area contributed by atoms with E-state index in [0.29, 0.717) is 18.1 Å². The molecular weight excluding hydrogens is 190 g/mol. The first-order valence-electron chi connectivity index (χ1n) is 4.84. The van der Waals surface area contributed by atoms with Crippen molar-refractivity contribution < 1.29 is 9.53 Å². The molecule has 15 heavy (non-hydrogen) atoms. The summed E-state index contributed by atoms with van der Waals surface area (Å²) in [7, 11) is 0. The Morgan fingerprint density at radius 2 is 2.20 bits per heavy atom. The summed E-state index contributed by atoms with van der Waals surface area (Å²) in [6.45, 7) is 7.83. The predicted octanol–water partition coefficient (Wildman–Crippen LogP) is 2.63. The van der Waals surface area contributed by atoms with E-state index in [2.05, 4.69) is 11.6 Å². The summed E-state index contributed by atoms with van der Waals surface area (Å²) >= 11 is 0. The number of hydrogen-bond acceptors (Lipinski definition) is 3. The highest BCUT2D eigenvalue weighted by Gasteiger charge is 2.00. The Labute approximate surface area is 89.8 Å². The van der Waals surface area contributed by atoms with E-state index < -0.39 is 0 Å². The molecular formula is C12H15NO2. The largest absolute Gasteiger partial charge is 0.492 e. The highest BCUT2D eigenvalue weighted by molar-refractivity contribution is 5.92. The van der Waals surface area contributed by atoms with Crippen LogP contribution in [0.1, 0.15) is 30.8 Å². The highest BCUT2D eigenvalue weighted by Crippen LogP contribution is 2.10. The molecule has 0 fully saturated rings. The van der Waals surface area contributed by atoms with Crippen molar-refractivity contribution in [3.05, 3.63) is 36.2 Å². The standard InChI is InChI=1S/C12H15NO2/c1-9(2)6-7-15-11-4-5-12(10(3)14)13-8-11/h4-5,8H,1,6-7H2,2-3H3. The maximum Gasteiger partial charge on any atom is 0.178 e. The van der Waals surface area contributed by atoms with Crippen LogP contribution in [0.25, 0.3) is 0 Å². The molecule has 1 aromatic heterocycles. The third kappa shape index (κ3) is 3.94. The molecule has 1 heterocycles. The van der Waals surface area contributed by atoms with Gasteiger partial charge in [-0.3, -0.25) is 4.79 Å². The summed E-state index contributed by atoms with van der Waals surface area (Å²) in [5.74, 6) is 0.643. The number of hydrogen-bond donors (Lipinski definition) is 0. The first-order chi connectivity index (χ1) is 7.09. The Morgan fingerprint density at radius 1 is 1.47 bits per heavy atom. The fourth-order valence-electron chi connectivity index (χ4n) is 1.02. The molecule has 0 amide bonds. The summed E-state index contributed by atoms with van der Waals surface area (Å²) < 4.78 is 5.42. The topological polar surface area (TPSA) is 39.2 Å². The molecule has 0 spiro atoms. The monoisotopic (exact) mass is 205 g/mol. The molecule has 0 aliphatic rings. The molecule has 1 aromatic rings. The van der Waals surface area contributed by atoms with Crippen molar-refractivity contribution in [2.75, 3.05) is 6.61 Å². The highest BCUT2D eigenvalue weighted by atomic mass is 16.5. The number of ketones is 1. The average molecular weight is 205 g/mol. The third-order valence-electron chi connectivity index (χ3n) is 1.89. The Balaban J connectivity index is 2.50. The molecule has 0 bridgehead atoms. The molecule has 0 atom stereocenters. The summed E-state index contributed by atoms with van der Waals surface area (Å²) in [6, 6.07) is 3.42. The molecule has 0 radical (unpaired) electrons. The van der Waals surface area contributed by atoms with Crippen molar-refractivity contribution >= 4 is 5.78 Å². The summed E-state index contributed by atoms with van der Waals surface area (Å²) in [6.07, 6.45) is 2.39. The zero-order valence-electron chi connectivity index (χ0n) is 9.12. The van der Waals surface area contributed by atoms with E-state index in [1.54, 1.807) is 18.3 Å². The second kappa shape index (κ2) is 5.29. The molecule has 1 rings (SSSR count). The first kappa shape index (κ1) is 11.4. The van der Waals surface area contributed by atoms with Crippen LogP contribution in [0.15, 0.2) is 30.5 Å². The fraction of sp³-hybridized carbons (Fsp3) is 0.333. The van der Waals surface area contributed by atoms with Crippen molar-refractivity contribution in [3.63, 3.8) is 0 Å². The Kier molecular flexibility index (Phi) is 4.03. The lowest BCUT2D eigenvalue weighted by atomic mass is 10.2. The number of rotatable bonds is 5. The second-order valence-electron chi connectivity index (χ2n) is 3.49. The maximum absolute atomic E-state index is 10.9. The second-order valence-corrected chi connectivity index (χ2v) is 3.49. The minimum atomic E-state index is -0.0384. The first-order valence-corrected chi connectivity index (χ1v) is 4.84. The van der Waals surface area contributed by atoms with Crippen LogP contribution in [0.5, 0.6) is 5.75 Å². The number of nitrogens with zero attached hydrogens (tertiary/aromatic N) is 1. The number of Topliss-reactive ketones (excluding diaryl/α,β-unsaturated/α-hetero) is 1. The average Bonchev–Trinajstić information content (AvgIpc) is 2.18. The molecule has 0 saturated carbocycles. The van der Waals surface area contributed by atoms with Gasteiger partial charge in [-0.25, -0.2) is 4.98 Å². The van der Waals surface area contributed by atoms with Gasteiger partial charge in [0.1, 0.15) is 11.4 Å². The molecule has 0 N–H and O–H groups in total. The van der Waals surface area contributed by atoms with Crippen molar-refractivity contribution in [3.8, 4) is 5.75 Å². The number of aromatic nitrogens is 1. The van der Waals surface area contributed by atoms with Crippen LogP contribution < -0.4 is 4.74 Å². The van der Waals surface area contributed by atoms with Gasteiger partial charge in [-0.2, -0.15) is 0 Å². The van der Waals surface area contributed by atoms with Crippen LogP contribution in [0, 0.1) is 0 Å². The summed E-state index contributed by atoms with van der Waals surface area (Å²) in [5, 5.41) is 0. The van der Waals surface area contributed by atoms with Gasteiger partial charge < -0.3 is 4.74 Å². The molecule has 3 nitrogen and oxygen atoms in total. The number of carbonyl (C=O) groups is 1. The Hall–Kier alpha value is -1.64. The van der Waals surface area contributed by atoms with Gasteiger partial charge in [0.05, 0.1) is 12.8 Å². The van der Waals surface area contributed by atoms with Gasteiger partial charge in [0.25, 0.3) is 0 Å². The van der Waals surface area contributed by atoms with Crippen LogP contribution >= 0.6 is 0 Å². The molecule has 0 unspecified atom stereocenters. The van der Waals surface area contributed by atoms with Crippen molar-refractivity contribution in [1.82, 2.24) is 4.98 Å². The zero-order valence-corrected chi connectivity index (χ0v) is 9.12. The maximum atomic E-state index is 10.9. The third-order valence-corrected chi connectivity index (χ3v) is 1.89. The zero-order chi connectivity index (χ0) is 11.3. The quantitative estimate of drug-likeness (QED) is 0.548. The van der Waals surface area contributed by atoms with Gasteiger partial charge in [-0.05, 0) is 19.1 Å². The molecule has 80 valence electrons. The number of ether oxygens (including phenoxy) is 1. The van der Waals surface area contributed by atoms with E-state index in [1.165, 1.54) is 6.92 Å². The molecule has 0 aliphatic heterocycles. The van der Waals surface area contributed by atoms with Crippen LogP contribution in [-0.2, 0) is 0 Å².